The highest BCUT2D eigenvalue weighted by Gasteiger charge is 2.06. The van der Waals surface area contributed by atoms with Crippen LogP contribution in [0.4, 0.5) is 5.69 Å². The summed E-state index contributed by atoms with van der Waals surface area (Å²) < 4.78 is 22.4. The number of benzene rings is 3. The second-order valence-corrected chi connectivity index (χ2v) is 7.51. The van der Waals surface area contributed by atoms with Crippen LogP contribution in [0, 0.1) is 0 Å². The molecule has 3 aromatic carbocycles. The summed E-state index contributed by atoms with van der Waals surface area (Å²) >= 11 is 0. The topological polar surface area (TPSA) is 89.3 Å². The smallest absolute Gasteiger partial charge is 0.248 e. The number of carbonyl (C=O) groups excluding carboxylic acids is 1. The molecule has 0 bridgehead atoms. The van der Waals surface area contributed by atoms with Gasteiger partial charge in [0.2, 0.25) is 15.9 Å². The first-order valence-electron chi connectivity index (χ1n) is 7.97. The second kappa shape index (κ2) is 7.51. The van der Waals surface area contributed by atoms with E-state index in [1.807, 2.05) is 42.5 Å². The molecule has 132 valence electrons. The standard InChI is InChI=1S/C20H18N2O3S/c21-26(24,25)14-15-5-3-9-18(13-15)22-20(23)12-11-17-8-4-7-16-6-1-2-10-19(16)17/h1-13H,14H2,(H,22,23)(H2,21,24,25)/b12-11+. The molecule has 0 saturated carbocycles. The largest absolute Gasteiger partial charge is 0.323 e. The van der Waals surface area contributed by atoms with Crippen molar-refractivity contribution in [1.29, 1.82) is 0 Å². The Morgan fingerprint density at radius 1 is 1.00 bits per heavy atom. The van der Waals surface area contributed by atoms with E-state index in [0.717, 1.165) is 16.3 Å². The number of nitrogens with two attached hydrogens (primary N) is 1. The van der Waals surface area contributed by atoms with Crippen LogP contribution in [0.15, 0.2) is 72.8 Å². The average molecular weight is 366 g/mol. The highest BCUT2D eigenvalue weighted by atomic mass is 32.2. The van der Waals surface area contributed by atoms with Gasteiger partial charge in [-0.15, -0.1) is 0 Å². The van der Waals surface area contributed by atoms with E-state index in [1.165, 1.54) is 6.08 Å². The summed E-state index contributed by atoms with van der Waals surface area (Å²) in [5.74, 6) is -0.576. The highest BCUT2D eigenvalue weighted by Crippen LogP contribution is 2.19. The molecule has 0 unspecified atom stereocenters. The monoisotopic (exact) mass is 366 g/mol. The number of amides is 1. The Labute approximate surface area is 152 Å². The van der Waals surface area contributed by atoms with Gasteiger partial charge < -0.3 is 5.32 Å². The Morgan fingerprint density at radius 3 is 2.54 bits per heavy atom. The van der Waals surface area contributed by atoms with Crippen LogP contribution in [0.1, 0.15) is 11.1 Å². The van der Waals surface area contributed by atoms with E-state index in [4.69, 9.17) is 5.14 Å². The third kappa shape index (κ3) is 4.78. The molecule has 1 amide bonds. The fourth-order valence-electron chi connectivity index (χ4n) is 2.72. The van der Waals surface area contributed by atoms with E-state index >= 15 is 0 Å². The molecule has 6 heteroatoms. The molecule has 0 aliphatic rings. The van der Waals surface area contributed by atoms with Crippen LogP contribution in [0.3, 0.4) is 0 Å². The van der Waals surface area contributed by atoms with E-state index < -0.39 is 10.0 Å². The molecular formula is C20H18N2O3S. The molecule has 0 aliphatic heterocycles. The number of anilines is 1. The summed E-state index contributed by atoms with van der Waals surface area (Å²) in [5, 5.41) is 9.94. The van der Waals surface area contributed by atoms with Crippen LogP contribution in [0.25, 0.3) is 16.8 Å². The van der Waals surface area contributed by atoms with Crippen molar-refractivity contribution in [2.24, 2.45) is 5.14 Å². The molecule has 26 heavy (non-hydrogen) atoms. The first-order chi connectivity index (χ1) is 12.4. The minimum absolute atomic E-state index is 0.275. The molecule has 5 nitrogen and oxygen atoms in total. The Morgan fingerprint density at radius 2 is 1.73 bits per heavy atom. The maximum absolute atomic E-state index is 12.2. The number of primary sulfonamides is 1. The number of carbonyl (C=O) groups is 1. The zero-order valence-electron chi connectivity index (χ0n) is 13.9. The summed E-state index contributed by atoms with van der Waals surface area (Å²) in [7, 11) is -3.62. The number of rotatable bonds is 5. The molecule has 0 radical (unpaired) electrons. The van der Waals surface area contributed by atoms with Crippen molar-refractivity contribution in [3.05, 3.63) is 83.9 Å². The molecule has 0 atom stereocenters. The van der Waals surface area contributed by atoms with E-state index in [9.17, 15) is 13.2 Å². The predicted octanol–water partition coefficient (Wildman–Crippen LogP) is 3.28. The summed E-state index contributed by atoms with van der Waals surface area (Å²) in [6, 6.07) is 20.4. The highest BCUT2D eigenvalue weighted by molar-refractivity contribution is 7.88. The van der Waals surface area contributed by atoms with Gasteiger partial charge in [0.15, 0.2) is 0 Å². The first kappa shape index (κ1) is 17.8. The maximum atomic E-state index is 12.2. The van der Waals surface area contributed by atoms with E-state index in [1.54, 1.807) is 30.3 Å². The molecule has 3 aromatic rings. The third-order valence-corrected chi connectivity index (χ3v) is 4.54. The lowest BCUT2D eigenvalue weighted by Crippen LogP contribution is -2.15. The fourth-order valence-corrected chi connectivity index (χ4v) is 3.36. The van der Waals surface area contributed by atoms with Gasteiger partial charge in [-0.3, -0.25) is 4.79 Å². The van der Waals surface area contributed by atoms with Gasteiger partial charge in [-0.25, -0.2) is 13.6 Å². The molecular weight excluding hydrogens is 348 g/mol. The minimum Gasteiger partial charge on any atom is -0.323 e. The third-order valence-electron chi connectivity index (χ3n) is 3.80. The first-order valence-corrected chi connectivity index (χ1v) is 9.68. The SMILES string of the molecule is NS(=O)(=O)Cc1cccc(NC(=O)/C=C/c2cccc3ccccc23)c1. The summed E-state index contributed by atoms with van der Waals surface area (Å²) in [4.78, 5) is 12.2. The van der Waals surface area contributed by atoms with E-state index in [-0.39, 0.29) is 11.7 Å². The molecule has 0 saturated heterocycles. The van der Waals surface area contributed by atoms with Gasteiger partial charge in [0.25, 0.3) is 0 Å². The van der Waals surface area contributed by atoms with Crippen molar-refractivity contribution in [2.75, 3.05) is 5.32 Å². The van der Waals surface area contributed by atoms with Gasteiger partial charge in [0.1, 0.15) is 0 Å². The van der Waals surface area contributed by atoms with Crippen molar-refractivity contribution < 1.29 is 13.2 Å². The summed E-state index contributed by atoms with van der Waals surface area (Å²) in [5.41, 5.74) is 1.98. The number of hydrogen-bond donors (Lipinski definition) is 2. The average Bonchev–Trinajstić information content (AvgIpc) is 2.59. The van der Waals surface area contributed by atoms with Crippen molar-refractivity contribution in [3.8, 4) is 0 Å². The van der Waals surface area contributed by atoms with E-state index in [0.29, 0.717) is 11.3 Å². The van der Waals surface area contributed by atoms with Crippen LogP contribution in [-0.4, -0.2) is 14.3 Å². The maximum Gasteiger partial charge on any atom is 0.248 e. The van der Waals surface area contributed by atoms with Crippen LogP contribution in [0.2, 0.25) is 0 Å². The van der Waals surface area contributed by atoms with E-state index in [2.05, 4.69) is 5.32 Å². The Balaban J connectivity index is 1.74. The van der Waals surface area contributed by atoms with Gasteiger partial charge in [-0.05, 0) is 40.1 Å². The lowest BCUT2D eigenvalue weighted by Gasteiger charge is -2.05. The zero-order valence-corrected chi connectivity index (χ0v) is 14.7. The van der Waals surface area contributed by atoms with Crippen molar-refractivity contribution in [3.63, 3.8) is 0 Å². The van der Waals surface area contributed by atoms with Crippen molar-refractivity contribution in [1.82, 2.24) is 0 Å². The normalized spacial score (nSPS) is 11.7. The number of fused-ring (bicyclic) bond motifs is 1. The molecule has 3 rings (SSSR count). The summed E-state index contributed by atoms with van der Waals surface area (Å²) in [6.07, 6.45) is 3.21. The minimum atomic E-state index is -3.62. The van der Waals surface area contributed by atoms with Crippen LogP contribution < -0.4 is 10.5 Å². The molecule has 0 heterocycles. The van der Waals surface area contributed by atoms with Gasteiger partial charge >= 0.3 is 0 Å². The molecule has 0 spiro atoms. The summed E-state index contributed by atoms with van der Waals surface area (Å²) in [6.45, 7) is 0. The number of sulfonamides is 1. The van der Waals surface area contributed by atoms with Crippen molar-refractivity contribution >= 4 is 38.5 Å². The molecule has 3 N–H and O–H groups in total. The predicted molar refractivity (Wildman–Crippen MR) is 105 cm³/mol. The van der Waals surface area contributed by atoms with Gasteiger partial charge in [0.05, 0.1) is 5.75 Å². The van der Waals surface area contributed by atoms with Gasteiger partial charge in [-0.1, -0.05) is 54.6 Å². The van der Waals surface area contributed by atoms with Crippen LogP contribution in [-0.2, 0) is 20.6 Å². The lowest BCUT2D eigenvalue weighted by molar-refractivity contribution is -0.111. The lowest BCUT2D eigenvalue weighted by atomic mass is 10.0. The molecule has 0 aromatic heterocycles. The Kier molecular flexibility index (Phi) is 5.16. The number of hydrogen-bond acceptors (Lipinski definition) is 3. The van der Waals surface area contributed by atoms with Gasteiger partial charge in [0, 0.05) is 11.8 Å². The second-order valence-electron chi connectivity index (χ2n) is 5.90. The Bertz CT molecular complexity index is 1080. The number of nitrogens with one attached hydrogen (secondary N) is 1. The Hall–Kier alpha value is -2.96. The van der Waals surface area contributed by atoms with Gasteiger partial charge in [-0.2, -0.15) is 0 Å². The van der Waals surface area contributed by atoms with Crippen LogP contribution >= 0.6 is 0 Å². The zero-order chi connectivity index (χ0) is 18.6. The van der Waals surface area contributed by atoms with Crippen LogP contribution in [0.5, 0.6) is 0 Å². The molecule has 0 aliphatic carbocycles. The van der Waals surface area contributed by atoms with Crippen molar-refractivity contribution in [2.45, 2.75) is 5.75 Å². The quantitative estimate of drug-likeness (QED) is 0.679. The fraction of sp³-hybridized carbons (Fsp3) is 0.0500. The molecule has 0 fully saturated rings.